The van der Waals surface area contributed by atoms with Crippen LogP contribution in [0.4, 0.5) is 17.2 Å². The van der Waals surface area contributed by atoms with E-state index in [4.69, 9.17) is 45.9 Å². The Balaban J connectivity index is 2.17. The molecular weight excluding hydrogens is 371 g/mol. The van der Waals surface area contributed by atoms with Crippen LogP contribution < -0.4 is 16.4 Å². The smallest absolute Gasteiger partial charge is 0.339 e. The van der Waals surface area contributed by atoms with Gasteiger partial charge in [-0.05, 0) is 37.3 Å². The molecule has 0 aliphatic carbocycles. The molecule has 0 amide bonds. The highest BCUT2D eigenvalue weighted by Crippen LogP contribution is 2.30. The molecule has 9 heteroatoms. The second kappa shape index (κ2) is 8.14. The van der Waals surface area contributed by atoms with Crippen molar-refractivity contribution >= 4 is 63.7 Å². The summed E-state index contributed by atoms with van der Waals surface area (Å²) in [4.78, 5) is 15.7. The van der Waals surface area contributed by atoms with Crippen molar-refractivity contribution in [2.24, 2.45) is 0 Å². The first kappa shape index (κ1) is 18.3. The van der Waals surface area contributed by atoms with Gasteiger partial charge in [0, 0.05) is 6.20 Å². The molecule has 4 N–H and O–H groups in total. The minimum Gasteiger partial charge on any atom is -0.462 e. The molecular formula is C15H14Cl2N4O2S. The van der Waals surface area contributed by atoms with Crippen LogP contribution in [-0.4, -0.2) is 22.7 Å². The van der Waals surface area contributed by atoms with Crippen LogP contribution in [0.15, 0.2) is 30.5 Å². The molecule has 0 saturated carbocycles. The fraction of sp³-hybridized carbons (Fsp3) is 0.133. The van der Waals surface area contributed by atoms with E-state index in [0.29, 0.717) is 21.4 Å². The molecule has 0 fully saturated rings. The highest BCUT2D eigenvalue weighted by molar-refractivity contribution is 7.80. The number of nitrogens with one attached hydrogen (secondary N) is 2. The summed E-state index contributed by atoms with van der Waals surface area (Å²) in [5, 5.41) is 6.77. The zero-order chi connectivity index (χ0) is 17.7. The number of hydrogen-bond acceptors (Lipinski definition) is 5. The van der Waals surface area contributed by atoms with E-state index >= 15 is 0 Å². The molecule has 0 aliphatic heterocycles. The summed E-state index contributed by atoms with van der Waals surface area (Å²) in [6.45, 7) is 1.98. The van der Waals surface area contributed by atoms with Crippen molar-refractivity contribution in [3.05, 3.63) is 46.1 Å². The molecule has 6 nitrogen and oxygen atoms in total. The number of nitrogens with two attached hydrogens (primary N) is 1. The molecule has 1 aromatic carbocycles. The highest BCUT2D eigenvalue weighted by Gasteiger charge is 2.12. The lowest BCUT2D eigenvalue weighted by Crippen LogP contribution is -2.21. The number of nitrogen functional groups attached to an aromatic ring is 1. The molecule has 1 aromatic heterocycles. The van der Waals surface area contributed by atoms with Crippen LogP contribution in [0.5, 0.6) is 0 Å². The summed E-state index contributed by atoms with van der Waals surface area (Å²) in [7, 11) is 0. The van der Waals surface area contributed by atoms with E-state index in [1.165, 1.54) is 12.3 Å². The molecule has 0 bridgehead atoms. The van der Waals surface area contributed by atoms with Gasteiger partial charge in [-0.15, -0.1) is 0 Å². The molecule has 2 aromatic rings. The molecule has 126 valence electrons. The number of hydrogen-bond donors (Lipinski definition) is 3. The first-order chi connectivity index (χ1) is 11.4. The molecule has 0 spiro atoms. The van der Waals surface area contributed by atoms with Crippen molar-refractivity contribution in [1.29, 1.82) is 0 Å². The van der Waals surface area contributed by atoms with E-state index in [0.717, 1.165) is 0 Å². The Morgan fingerprint density at radius 2 is 2.00 bits per heavy atom. The van der Waals surface area contributed by atoms with Gasteiger partial charge in [0.05, 0.1) is 33.6 Å². The Morgan fingerprint density at radius 1 is 1.33 bits per heavy atom. The van der Waals surface area contributed by atoms with Gasteiger partial charge in [0.25, 0.3) is 0 Å². The predicted molar refractivity (Wildman–Crippen MR) is 101 cm³/mol. The molecule has 0 saturated heterocycles. The third-order valence-corrected chi connectivity index (χ3v) is 3.71. The van der Waals surface area contributed by atoms with Gasteiger partial charge in [-0.1, -0.05) is 29.3 Å². The SMILES string of the molecule is CCOC(=O)c1cnc(N)c(NC(=S)Nc2c(Cl)cccc2Cl)c1. The Bertz CT molecular complexity index is 766. The monoisotopic (exact) mass is 384 g/mol. The number of nitrogens with zero attached hydrogens (tertiary/aromatic N) is 1. The summed E-state index contributed by atoms with van der Waals surface area (Å²) in [6, 6.07) is 6.57. The number of rotatable bonds is 4. The van der Waals surface area contributed by atoms with E-state index < -0.39 is 5.97 Å². The van der Waals surface area contributed by atoms with Crippen LogP contribution in [0.1, 0.15) is 17.3 Å². The minimum atomic E-state index is -0.499. The standard InChI is InChI=1S/C15H14Cl2N4O2S/c1-2-23-14(22)8-6-11(13(18)19-7-8)20-15(24)21-12-9(16)4-3-5-10(12)17/h3-7H,2H2,1H3,(H2,18,19)(H2,20,21,24). The highest BCUT2D eigenvalue weighted by atomic mass is 35.5. The largest absolute Gasteiger partial charge is 0.462 e. The average molecular weight is 385 g/mol. The third kappa shape index (κ3) is 4.47. The van der Waals surface area contributed by atoms with E-state index in [1.807, 2.05) is 0 Å². The second-order valence-electron chi connectivity index (χ2n) is 4.55. The molecule has 0 aliphatic rings. The van der Waals surface area contributed by atoms with Gasteiger partial charge in [0.2, 0.25) is 0 Å². The van der Waals surface area contributed by atoms with Crippen LogP contribution in [0.3, 0.4) is 0 Å². The summed E-state index contributed by atoms with van der Waals surface area (Å²) >= 11 is 17.4. The maximum Gasteiger partial charge on any atom is 0.339 e. The lowest BCUT2D eigenvalue weighted by molar-refractivity contribution is 0.0526. The van der Waals surface area contributed by atoms with E-state index in [1.54, 1.807) is 25.1 Å². The number of aromatic nitrogens is 1. The number of halogens is 2. The van der Waals surface area contributed by atoms with Crippen LogP contribution in [-0.2, 0) is 4.74 Å². The lowest BCUT2D eigenvalue weighted by atomic mass is 10.2. The predicted octanol–water partition coefficient (Wildman–Crippen LogP) is 3.96. The number of benzene rings is 1. The summed E-state index contributed by atoms with van der Waals surface area (Å²) in [6.07, 6.45) is 1.33. The van der Waals surface area contributed by atoms with Gasteiger partial charge < -0.3 is 21.1 Å². The Kier molecular flexibility index (Phi) is 6.19. The topological polar surface area (TPSA) is 89.3 Å². The zero-order valence-corrected chi connectivity index (χ0v) is 14.9. The van der Waals surface area contributed by atoms with Crippen LogP contribution >= 0.6 is 35.4 Å². The fourth-order valence-electron chi connectivity index (χ4n) is 1.79. The van der Waals surface area contributed by atoms with Gasteiger partial charge in [0.1, 0.15) is 5.82 Å². The number of pyridine rings is 1. The fourth-order valence-corrected chi connectivity index (χ4v) is 2.49. The van der Waals surface area contributed by atoms with Crippen LogP contribution in [0.2, 0.25) is 10.0 Å². The van der Waals surface area contributed by atoms with Gasteiger partial charge in [-0.2, -0.15) is 0 Å². The lowest BCUT2D eigenvalue weighted by Gasteiger charge is -2.14. The third-order valence-electron chi connectivity index (χ3n) is 2.88. The summed E-state index contributed by atoms with van der Waals surface area (Å²) < 4.78 is 4.92. The van der Waals surface area contributed by atoms with Crippen molar-refractivity contribution in [1.82, 2.24) is 4.98 Å². The molecule has 2 rings (SSSR count). The summed E-state index contributed by atoms with van der Waals surface area (Å²) in [5.41, 5.74) is 6.88. The van der Waals surface area contributed by atoms with Crippen LogP contribution in [0.25, 0.3) is 0 Å². The maximum atomic E-state index is 11.8. The quantitative estimate of drug-likeness (QED) is 0.542. The summed E-state index contributed by atoms with van der Waals surface area (Å²) in [5.74, 6) is -0.321. The minimum absolute atomic E-state index is 0.178. The number of carbonyl (C=O) groups excluding carboxylic acids is 1. The maximum absolute atomic E-state index is 11.8. The molecule has 0 atom stereocenters. The van der Waals surface area contributed by atoms with Crippen molar-refractivity contribution in [3.8, 4) is 0 Å². The molecule has 0 radical (unpaired) electrons. The average Bonchev–Trinajstić information content (AvgIpc) is 2.53. The van der Waals surface area contributed by atoms with Crippen molar-refractivity contribution < 1.29 is 9.53 Å². The normalized spacial score (nSPS) is 10.1. The molecule has 24 heavy (non-hydrogen) atoms. The zero-order valence-electron chi connectivity index (χ0n) is 12.6. The number of thiocarbonyl (C=S) groups is 1. The first-order valence-electron chi connectivity index (χ1n) is 6.87. The molecule has 0 unspecified atom stereocenters. The second-order valence-corrected chi connectivity index (χ2v) is 5.78. The van der Waals surface area contributed by atoms with Crippen molar-refractivity contribution in [2.75, 3.05) is 23.0 Å². The number of ether oxygens (including phenoxy) is 1. The Morgan fingerprint density at radius 3 is 2.62 bits per heavy atom. The van der Waals surface area contributed by atoms with Gasteiger partial charge in [-0.25, -0.2) is 9.78 Å². The Labute approximate surface area is 154 Å². The number of anilines is 3. The van der Waals surface area contributed by atoms with Crippen molar-refractivity contribution in [3.63, 3.8) is 0 Å². The first-order valence-corrected chi connectivity index (χ1v) is 8.03. The molecule has 1 heterocycles. The van der Waals surface area contributed by atoms with Gasteiger partial charge in [-0.3, -0.25) is 0 Å². The van der Waals surface area contributed by atoms with Crippen LogP contribution in [0, 0.1) is 0 Å². The van der Waals surface area contributed by atoms with E-state index in [9.17, 15) is 4.79 Å². The van der Waals surface area contributed by atoms with Gasteiger partial charge >= 0.3 is 5.97 Å². The number of carbonyl (C=O) groups is 1. The Hall–Kier alpha value is -2.09. The van der Waals surface area contributed by atoms with Crippen molar-refractivity contribution in [2.45, 2.75) is 6.92 Å². The van der Waals surface area contributed by atoms with Gasteiger partial charge in [0.15, 0.2) is 5.11 Å². The van der Waals surface area contributed by atoms with E-state index in [2.05, 4.69) is 15.6 Å². The van der Waals surface area contributed by atoms with E-state index in [-0.39, 0.29) is 23.1 Å². The number of esters is 1. The number of para-hydroxylation sites is 1.